The topological polar surface area (TPSA) is 24.7 Å². The van der Waals surface area contributed by atoms with Gasteiger partial charge in [-0.15, -0.1) is 5.11 Å². The molecule has 16 heavy (non-hydrogen) atoms. The molecule has 0 radical (unpaired) electrons. The summed E-state index contributed by atoms with van der Waals surface area (Å²) in [4.78, 5) is 0. The van der Waals surface area contributed by atoms with E-state index in [0.717, 1.165) is 18.5 Å². The minimum Gasteiger partial charge on any atom is -0.151 e. The van der Waals surface area contributed by atoms with Crippen LogP contribution in [-0.2, 0) is 0 Å². The zero-order valence-electron chi connectivity index (χ0n) is 8.27. The Morgan fingerprint density at radius 2 is 1.62 bits per heavy atom. The molecule has 0 fully saturated rings. The number of hydrogen-bond acceptors (Lipinski definition) is 2. The van der Waals surface area contributed by atoms with Crippen molar-refractivity contribution in [2.45, 2.75) is 0 Å². The Balaban J connectivity index is 2.25. The quantitative estimate of drug-likeness (QED) is 0.453. The molecule has 2 nitrogen and oxygen atoms in total. The third-order valence-corrected chi connectivity index (χ3v) is 3.52. The molecule has 0 aromatic heterocycles. The molecule has 0 saturated carbocycles. The first-order chi connectivity index (χ1) is 7.75. The van der Waals surface area contributed by atoms with Crippen LogP contribution in [0.15, 0.2) is 58.8 Å². The SMILES string of the molecule is Ic1cccc(N=Nc2ccccc2I)c1. The Kier molecular flexibility index (Phi) is 4.28. The van der Waals surface area contributed by atoms with Gasteiger partial charge in [-0.2, -0.15) is 5.11 Å². The summed E-state index contributed by atoms with van der Waals surface area (Å²) in [5.74, 6) is 0. The van der Waals surface area contributed by atoms with E-state index in [2.05, 4.69) is 55.4 Å². The number of hydrogen-bond donors (Lipinski definition) is 0. The molecule has 0 spiro atoms. The van der Waals surface area contributed by atoms with E-state index in [4.69, 9.17) is 0 Å². The summed E-state index contributed by atoms with van der Waals surface area (Å²) in [6, 6.07) is 15.9. The Morgan fingerprint density at radius 3 is 2.38 bits per heavy atom. The van der Waals surface area contributed by atoms with Gasteiger partial charge in [0.05, 0.1) is 11.4 Å². The third-order valence-electron chi connectivity index (χ3n) is 1.93. The van der Waals surface area contributed by atoms with E-state index in [1.54, 1.807) is 0 Å². The smallest absolute Gasteiger partial charge is 0.0990 e. The third kappa shape index (κ3) is 3.24. The molecule has 0 atom stereocenters. The first-order valence-corrected chi connectivity index (χ1v) is 6.83. The maximum atomic E-state index is 4.23. The van der Waals surface area contributed by atoms with Gasteiger partial charge in [0.1, 0.15) is 0 Å². The van der Waals surface area contributed by atoms with Gasteiger partial charge in [0.15, 0.2) is 0 Å². The van der Waals surface area contributed by atoms with E-state index in [9.17, 15) is 0 Å². The molecule has 0 unspecified atom stereocenters. The lowest BCUT2D eigenvalue weighted by Crippen LogP contribution is -1.71. The average molecular weight is 434 g/mol. The first-order valence-electron chi connectivity index (χ1n) is 4.67. The van der Waals surface area contributed by atoms with Gasteiger partial charge in [0, 0.05) is 7.14 Å². The second kappa shape index (κ2) is 5.72. The average Bonchev–Trinajstić information content (AvgIpc) is 2.28. The van der Waals surface area contributed by atoms with Crippen LogP contribution < -0.4 is 0 Å². The Morgan fingerprint density at radius 1 is 0.812 bits per heavy atom. The highest BCUT2D eigenvalue weighted by molar-refractivity contribution is 14.1. The molecule has 0 aliphatic carbocycles. The Labute approximate surface area is 121 Å². The van der Waals surface area contributed by atoms with Crippen molar-refractivity contribution in [1.29, 1.82) is 0 Å². The zero-order chi connectivity index (χ0) is 11.4. The fraction of sp³-hybridized carbons (Fsp3) is 0. The summed E-state index contributed by atoms with van der Waals surface area (Å²) in [5, 5.41) is 8.44. The molecule has 0 aliphatic heterocycles. The molecular weight excluding hydrogens is 426 g/mol. The van der Waals surface area contributed by atoms with E-state index in [1.165, 1.54) is 0 Å². The summed E-state index contributed by atoms with van der Waals surface area (Å²) in [6.45, 7) is 0. The molecule has 80 valence electrons. The van der Waals surface area contributed by atoms with E-state index >= 15 is 0 Å². The van der Waals surface area contributed by atoms with Gasteiger partial charge in [0.2, 0.25) is 0 Å². The molecule has 0 aliphatic rings. The van der Waals surface area contributed by atoms with E-state index in [1.807, 2.05) is 48.5 Å². The molecule has 0 bridgehead atoms. The van der Waals surface area contributed by atoms with E-state index < -0.39 is 0 Å². The maximum absolute atomic E-state index is 4.23. The standard InChI is InChI=1S/C12H8I2N2/c13-9-4-3-5-10(8-9)15-16-12-7-2-1-6-11(12)14/h1-8H. The number of benzene rings is 2. The molecule has 2 rings (SSSR count). The molecule has 4 heteroatoms. The molecule has 0 amide bonds. The van der Waals surface area contributed by atoms with Crippen molar-refractivity contribution in [3.05, 3.63) is 55.7 Å². The van der Waals surface area contributed by atoms with Gasteiger partial charge in [-0.3, -0.25) is 0 Å². The van der Waals surface area contributed by atoms with Gasteiger partial charge < -0.3 is 0 Å². The van der Waals surface area contributed by atoms with Crippen LogP contribution in [0.1, 0.15) is 0 Å². The normalized spacial score (nSPS) is 10.9. The van der Waals surface area contributed by atoms with Crippen molar-refractivity contribution in [3.63, 3.8) is 0 Å². The number of azo groups is 1. The minimum atomic E-state index is 0.881. The lowest BCUT2D eigenvalue weighted by molar-refractivity contribution is 1.22. The Hall–Kier alpha value is -0.500. The highest BCUT2D eigenvalue weighted by Gasteiger charge is 1.95. The van der Waals surface area contributed by atoms with Gasteiger partial charge in [0.25, 0.3) is 0 Å². The van der Waals surface area contributed by atoms with Crippen LogP contribution in [0.25, 0.3) is 0 Å². The maximum Gasteiger partial charge on any atom is 0.0990 e. The van der Waals surface area contributed by atoms with Crippen molar-refractivity contribution in [2.75, 3.05) is 0 Å². The summed E-state index contributed by atoms with van der Waals surface area (Å²) < 4.78 is 2.27. The van der Waals surface area contributed by atoms with Crippen LogP contribution in [0.4, 0.5) is 11.4 Å². The van der Waals surface area contributed by atoms with Gasteiger partial charge in [-0.05, 0) is 75.5 Å². The van der Waals surface area contributed by atoms with Crippen molar-refractivity contribution in [1.82, 2.24) is 0 Å². The molecule has 0 heterocycles. The highest BCUT2D eigenvalue weighted by Crippen LogP contribution is 2.23. The van der Waals surface area contributed by atoms with Gasteiger partial charge >= 0.3 is 0 Å². The molecule has 0 saturated heterocycles. The molecule has 2 aromatic rings. The van der Waals surface area contributed by atoms with Crippen LogP contribution in [0.5, 0.6) is 0 Å². The van der Waals surface area contributed by atoms with E-state index in [0.29, 0.717) is 0 Å². The van der Waals surface area contributed by atoms with Crippen LogP contribution in [0.3, 0.4) is 0 Å². The van der Waals surface area contributed by atoms with Crippen molar-refractivity contribution in [3.8, 4) is 0 Å². The number of rotatable bonds is 2. The van der Waals surface area contributed by atoms with Gasteiger partial charge in [-0.25, -0.2) is 0 Å². The second-order valence-electron chi connectivity index (χ2n) is 3.13. The molecule has 2 aromatic carbocycles. The summed E-state index contributed by atoms with van der Waals surface area (Å²) in [7, 11) is 0. The second-order valence-corrected chi connectivity index (χ2v) is 5.54. The Bertz CT molecular complexity index is 524. The van der Waals surface area contributed by atoms with Crippen LogP contribution in [0, 0.1) is 7.14 Å². The van der Waals surface area contributed by atoms with Gasteiger partial charge in [-0.1, -0.05) is 18.2 Å². The lowest BCUT2D eigenvalue weighted by Gasteiger charge is -1.96. The van der Waals surface area contributed by atoms with Crippen LogP contribution in [0.2, 0.25) is 0 Å². The summed E-state index contributed by atoms with van der Waals surface area (Å²) in [6.07, 6.45) is 0. The number of nitrogens with zero attached hydrogens (tertiary/aromatic N) is 2. The van der Waals surface area contributed by atoms with Crippen LogP contribution in [-0.4, -0.2) is 0 Å². The zero-order valence-corrected chi connectivity index (χ0v) is 12.6. The largest absolute Gasteiger partial charge is 0.151 e. The molecule has 0 N–H and O–H groups in total. The predicted molar refractivity (Wildman–Crippen MR) is 82.5 cm³/mol. The highest BCUT2D eigenvalue weighted by atomic mass is 127. The predicted octanol–water partition coefficient (Wildman–Crippen LogP) is 5.31. The lowest BCUT2D eigenvalue weighted by atomic mass is 10.3. The fourth-order valence-corrected chi connectivity index (χ4v) is 2.20. The van der Waals surface area contributed by atoms with E-state index in [-0.39, 0.29) is 0 Å². The summed E-state index contributed by atoms with van der Waals surface area (Å²) in [5.41, 5.74) is 1.79. The number of halogens is 2. The van der Waals surface area contributed by atoms with Crippen molar-refractivity contribution in [2.24, 2.45) is 10.2 Å². The fourth-order valence-electron chi connectivity index (χ4n) is 1.18. The van der Waals surface area contributed by atoms with Crippen LogP contribution >= 0.6 is 45.2 Å². The monoisotopic (exact) mass is 434 g/mol. The summed E-state index contributed by atoms with van der Waals surface area (Å²) >= 11 is 4.52. The first kappa shape index (κ1) is 12.0. The van der Waals surface area contributed by atoms with Crippen molar-refractivity contribution >= 4 is 56.6 Å². The van der Waals surface area contributed by atoms with Crippen molar-refractivity contribution < 1.29 is 0 Å². The molecular formula is C12H8I2N2. The minimum absolute atomic E-state index is 0.881.